The molecule has 1 aromatic rings. The molecule has 0 fully saturated rings. The summed E-state index contributed by atoms with van der Waals surface area (Å²) < 4.78 is 11.7. The number of anilines is 1. The van der Waals surface area contributed by atoms with E-state index in [4.69, 9.17) is 15.2 Å². The maximum absolute atomic E-state index is 6.10. The van der Waals surface area contributed by atoms with E-state index in [1.54, 1.807) is 0 Å². The van der Waals surface area contributed by atoms with Gasteiger partial charge in [0.1, 0.15) is 0 Å². The van der Waals surface area contributed by atoms with Crippen molar-refractivity contribution in [2.24, 2.45) is 5.73 Å². The van der Waals surface area contributed by atoms with E-state index in [0.717, 1.165) is 30.2 Å². The maximum atomic E-state index is 6.10. The van der Waals surface area contributed by atoms with Gasteiger partial charge in [-0.3, -0.25) is 0 Å². The molecule has 0 aromatic heterocycles. The van der Waals surface area contributed by atoms with Gasteiger partial charge in [-0.25, -0.2) is 0 Å². The number of nitrogens with one attached hydrogen (secondary N) is 1. The molecule has 0 saturated carbocycles. The fourth-order valence-electron chi connectivity index (χ4n) is 2.13. The molecule has 0 spiro atoms. The molecule has 1 rings (SSSR count). The summed E-state index contributed by atoms with van der Waals surface area (Å²) in [6, 6.07) is 6.14. The zero-order valence-electron chi connectivity index (χ0n) is 14.7. The largest absolute Gasteiger partial charge is 0.487 e. The first-order valence-corrected chi connectivity index (χ1v) is 8.39. The number of unbranched alkanes of at least 4 members (excludes halogenated alkanes) is 1. The summed E-state index contributed by atoms with van der Waals surface area (Å²) in [5.41, 5.74) is 7.12. The molecule has 1 atom stereocenters. The molecular weight excluding hydrogens is 276 g/mol. The highest BCUT2D eigenvalue weighted by Crippen LogP contribution is 2.32. The van der Waals surface area contributed by atoms with Crippen LogP contribution in [0.5, 0.6) is 11.5 Å². The lowest BCUT2D eigenvalue weighted by Crippen LogP contribution is -2.28. The Kier molecular flexibility index (Phi) is 8.10. The molecule has 1 unspecified atom stereocenters. The second-order valence-corrected chi connectivity index (χ2v) is 6.28. The Morgan fingerprint density at radius 3 is 2.27 bits per heavy atom. The predicted molar refractivity (Wildman–Crippen MR) is 94.0 cm³/mol. The minimum absolute atomic E-state index is 0.108. The molecule has 0 heterocycles. The van der Waals surface area contributed by atoms with Crippen molar-refractivity contribution >= 4 is 5.69 Å². The summed E-state index contributed by atoms with van der Waals surface area (Å²) in [6.07, 6.45) is 3.63. The van der Waals surface area contributed by atoms with Crippen molar-refractivity contribution in [1.82, 2.24) is 0 Å². The van der Waals surface area contributed by atoms with Crippen LogP contribution in [0.1, 0.15) is 53.9 Å². The van der Waals surface area contributed by atoms with E-state index in [1.807, 2.05) is 45.9 Å². The zero-order chi connectivity index (χ0) is 16.5. The summed E-state index contributed by atoms with van der Waals surface area (Å²) in [5, 5.41) is 3.39. The zero-order valence-corrected chi connectivity index (χ0v) is 14.7. The van der Waals surface area contributed by atoms with E-state index in [1.165, 1.54) is 12.8 Å². The normalized spacial score (nSPS) is 12.5. The molecule has 22 heavy (non-hydrogen) atoms. The van der Waals surface area contributed by atoms with E-state index >= 15 is 0 Å². The predicted octanol–water partition coefficient (Wildman–Crippen LogP) is 4.19. The molecule has 0 aliphatic rings. The average Bonchev–Trinajstić information content (AvgIpc) is 2.44. The molecular formula is C18H32N2O2. The van der Waals surface area contributed by atoms with Crippen molar-refractivity contribution in [3.05, 3.63) is 18.2 Å². The highest BCUT2D eigenvalue weighted by molar-refractivity contribution is 5.55. The highest BCUT2D eigenvalue weighted by Gasteiger charge is 2.10. The number of rotatable bonds is 10. The number of hydrogen-bond acceptors (Lipinski definition) is 4. The summed E-state index contributed by atoms with van der Waals surface area (Å²) in [4.78, 5) is 0. The van der Waals surface area contributed by atoms with Crippen LogP contribution in [-0.2, 0) is 0 Å². The Labute approximate surface area is 135 Å². The second-order valence-electron chi connectivity index (χ2n) is 6.28. The summed E-state index contributed by atoms with van der Waals surface area (Å²) in [5.74, 6) is 1.56. The number of nitrogens with two attached hydrogens (primary N) is 1. The van der Waals surface area contributed by atoms with Crippen LogP contribution >= 0.6 is 0 Å². The lowest BCUT2D eigenvalue weighted by atomic mass is 10.1. The van der Waals surface area contributed by atoms with E-state index in [-0.39, 0.29) is 18.2 Å². The van der Waals surface area contributed by atoms with Crippen molar-refractivity contribution in [2.75, 3.05) is 11.9 Å². The van der Waals surface area contributed by atoms with Crippen molar-refractivity contribution in [1.29, 1.82) is 0 Å². The first-order valence-electron chi connectivity index (χ1n) is 8.39. The van der Waals surface area contributed by atoms with Gasteiger partial charge in [-0.15, -0.1) is 0 Å². The topological polar surface area (TPSA) is 56.5 Å². The van der Waals surface area contributed by atoms with E-state index in [9.17, 15) is 0 Å². The molecule has 0 radical (unpaired) electrons. The molecule has 3 N–H and O–H groups in total. The Morgan fingerprint density at radius 2 is 1.68 bits per heavy atom. The van der Waals surface area contributed by atoms with Crippen LogP contribution in [0.15, 0.2) is 18.2 Å². The Bertz CT molecular complexity index is 433. The van der Waals surface area contributed by atoms with Gasteiger partial charge in [-0.05, 0) is 46.2 Å². The van der Waals surface area contributed by atoms with Crippen LogP contribution < -0.4 is 20.5 Å². The average molecular weight is 308 g/mol. The standard InChI is InChI=1S/C18H32N2O2/c1-6-7-8-15(19)12-20-16-9-10-17(21-13(2)3)18(11-16)22-14(4)5/h9-11,13-15,20H,6-8,12,19H2,1-5H3. The monoisotopic (exact) mass is 308 g/mol. The van der Waals surface area contributed by atoms with Gasteiger partial charge >= 0.3 is 0 Å². The van der Waals surface area contributed by atoms with Crippen LogP contribution in [0.4, 0.5) is 5.69 Å². The SMILES string of the molecule is CCCCC(N)CNc1ccc(OC(C)C)c(OC(C)C)c1. The van der Waals surface area contributed by atoms with Crippen LogP contribution in [0.3, 0.4) is 0 Å². The van der Waals surface area contributed by atoms with Gasteiger partial charge in [0.25, 0.3) is 0 Å². The maximum Gasteiger partial charge on any atom is 0.163 e. The van der Waals surface area contributed by atoms with Gasteiger partial charge < -0.3 is 20.5 Å². The summed E-state index contributed by atoms with van der Waals surface area (Å²) in [7, 11) is 0. The fraction of sp³-hybridized carbons (Fsp3) is 0.667. The smallest absolute Gasteiger partial charge is 0.163 e. The minimum atomic E-state index is 0.108. The molecule has 0 saturated heterocycles. The van der Waals surface area contributed by atoms with E-state index < -0.39 is 0 Å². The molecule has 0 aliphatic heterocycles. The van der Waals surface area contributed by atoms with Crippen molar-refractivity contribution in [3.63, 3.8) is 0 Å². The van der Waals surface area contributed by atoms with E-state index in [2.05, 4.69) is 12.2 Å². The van der Waals surface area contributed by atoms with Crippen molar-refractivity contribution < 1.29 is 9.47 Å². The number of benzene rings is 1. The third-order valence-electron chi connectivity index (χ3n) is 3.17. The third kappa shape index (κ3) is 7.03. The van der Waals surface area contributed by atoms with Crippen LogP contribution in [0, 0.1) is 0 Å². The third-order valence-corrected chi connectivity index (χ3v) is 3.17. The molecule has 4 nitrogen and oxygen atoms in total. The van der Waals surface area contributed by atoms with Gasteiger partial charge in [-0.1, -0.05) is 19.8 Å². The quantitative estimate of drug-likeness (QED) is 0.680. The van der Waals surface area contributed by atoms with Gasteiger partial charge in [0, 0.05) is 24.3 Å². The van der Waals surface area contributed by atoms with Gasteiger partial charge in [-0.2, -0.15) is 0 Å². The number of hydrogen-bond donors (Lipinski definition) is 2. The lowest BCUT2D eigenvalue weighted by molar-refractivity contribution is 0.199. The molecule has 126 valence electrons. The Hall–Kier alpha value is -1.42. The first kappa shape index (κ1) is 18.6. The second kappa shape index (κ2) is 9.57. The summed E-state index contributed by atoms with van der Waals surface area (Å²) in [6.45, 7) is 11.0. The van der Waals surface area contributed by atoms with E-state index in [0.29, 0.717) is 0 Å². The van der Waals surface area contributed by atoms with Crippen LogP contribution in [0.2, 0.25) is 0 Å². The van der Waals surface area contributed by atoms with Crippen molar-refractivity contribution in [3.8, 4) is 11.5 Å². The number of ether oxygens (including phenoxy) is 2. The Morgan fingerprint density at radius 1 is 1.05 bits per heavy atom. The molecule has 0 bridgehead atoms. The highest BCUT2D eigenvalue weighted by atomic mass is 16.5. The first-order chi connectivity index (χ1) is 10.4. The lowest BCUT2D eigenvalue weighted by Gasteiger charge is -2.19. The fourth-order valence-corrected chi connectivity index (χ4v) is 2.13. The molecule has 0 aliphatic carbocycles. The molecule has 4 heteroatoms. The van der Waals surface area contributed by atoms with Gasteiger partial charge in [0.2, 0.25) is 0 Å². The van der Waals surface area contributed by atoms with Crippen molar-refractivity contribution in [2.45, 2.75) is 72.1 Å². The van der Waals surface area contributed by atoms with Crippen LogP contribution in [0.25, 0.3) is 0 Å². The van der Waals surface area contributed by atoms with Gasteiger partial charge in [0.05, 0.1) is 12.2 Å². The Balaban J connectivity index is 2.71. The molecule has 0 amide bonds. The summed E-state index contributed by atoms with van der Waals surface area (Å²) >= 11 is 0. The molecule has 1 aromatic carbocycles. The van der Waals surface area contributed by atoms with Gasteiger partial charge in [0.15, 0.2) is 11.5 Å². The minimum Gasteiger partial charge on any atom is -0.487 e. The van der Waals surface area contributed by atoms with Crippen LogP contribution in [-0.4, -0.2) is 24.8 Å².